The van der Waals surface area contributed by atoms with Crippen LogP contribution in [0.25, 0.3) is 0 Å². The van der Waals surface area contributed by atoms with E-state index >= 15 is 0 Å². The molecule has 2 aromatic carbocycles. The molecule has 11 heteroatoms. The minimum absolute atomic E-state index is 0.0829. The maximum atomic E-state index is 13.7. The SMILES string of the molecule is C=CCc1cc(F)cc(/C=N\NC(=O)CN2CCN(Cc3ccc(S(N)(=O)=O)cc3)CC2)c1O. The number of amides is 1. The third-order valence-electron chi connectivity index (χ3n) is 5.43. The highest BCUT2D eigenvalue weighted by Crippen LogP contribution is 2.23. The first-order chi connectivity index (χ1) is 16.2. The second-order valence-electron chi connectivity index (χ2n) is 8.03. The summed E-state index contributed by atoms with van der Waals surface area (Å²) in [5, 5.41) is 19.1. The highest BCUT2D eigenvalue weighted by Gasteiger charge is 2.19. The first-order valence-electron chi connectivity index (χ1n) is 10.7. The number of hydrazone groups is 1. The number of allylic oxidation sites excluding steroid dienone is 1. The van der Waals surface area contributed by atoms with Crippen LogP contribution in [0.2, 0.25) is 0 Å². The summed E-state index contributed by atoms with van der Waals surface area (Å²) in [7, 11) is -3.70. The standard InChI is InChI=1S/C23H28FN5O4S/c1-2-3-18-12-20(24)13-19(23(18)31)14-26-27-22(30)16-29-10-8-28(9-11-29)15-17-4-6-21(7-5-17)34(25,32)33/h2,4-7,12-14,31H,1,3,8-11,15-16H2,(H,27,30)(H2,25,32,33)/b26-14-. The molecule has 1 aliphatic rings. The Morgan fingerprint density at radius 1 is 1.18 bits per heavy atom. The third kappa shape index (κ3) is 7.19. The largest absolute Gasteiger partial charge is 0.507 e. The Morgan fingerprint density at radius 3 is 2.44 bits per heavy atom. The highest BCUT2D eigenvalue weighted by atomic mass is 32.2. The quantitative estimate of drug-likeness (QED) is 0.276. The number of benzene rings is 2. The van der Waals surface area contributed by atoms with E-state index in [-0.39, 0.29) is 28.7 Å². The number of nitrogens with two attached hydrogens (primary N) is 1. The molecule has 1 heterocycles. The van der Waals surface area contributed by atoms with Crippen LogP contribution in [0.15, 0.2) is 59.1 Å². The van der Waals surface area contributed by atoms with Crippen LogP contribution in [0.3, 0.4) is 0 Å². The van der Waals surface area contributed by atoms with Crippen LogP contribution < -0.4 is 10.6 Å². The molecule has 0 aromatic heterocycles. The maximum absolute atomic E-state index is 13.7. The lowest BCUT2D eigenvalue weighted by Gasteiger charge is -2.34. The summed E-state index contributed by atoms with van der Waals surface area (Å²) < 4.78 is 36.4. The van der Waals surface area contributed by atoms with Crippen LogP contribution >= 0.6 is 0 Å². The molecule has 4 N–H and O–H groups in total. The van der Waals surface area contributed by atoms with Crippen LogP contribution in [0.1, 0.15) is 16.7 Å². The van der Waals surface area contributed by atoms with Gasteiger partial charge in [0.05, 0.1) is 17.7 Å². The van der Waals surface area contributed by atoms with Gasteiger partial charge in [-0.05, 0) is 36.2 Å². The minimum Gasteiger partial charge on any atom is -0.507 e. The van der Waals surface area contributed by atoms with Gasteiger partial charge in [-0.25, -0.2) is 23.4 Å². The Bertz CT molecular complexity index is 1160. The number of aromatic hydroxyl groups is 1. The minimum atomic E-state index is -3.70. The Hall–Kier alpha value is -3.12. The average Bonchev–Trinajstić information content (AvgIpc) is 2.78. The van der Waals surface area contributed by atoms with Crippen molar-refractivity contribution in [2.24, 2.45) is 10.2 Å². The highest BCUT2D eigenvalue weighted by molar-refractivity contribution is 7.89. The number of phenols is 1. The number of phenolic OH excluding ortho intramolecular Hbond substituents is 1. The molecule has 1 saturated heterocycles. The Kier molecular flexibility index (Phi) is 8.51. The van der Waals surface area contributed by atoms with Crippen molar-refractivity contribution in [1.29, 1.82) is 0 Å². The van der Waals surface area contributed by atoms with E-state index in [9.17, 15) is 22.7 Å². The lowest BCUT2D eigenvalue weighted by Crippen LogP contribution is -2.48. The Balaban J connectivity index is 1.45. The predicted octanol–water partition coefficient (Wildman–Crippen LogP) is 1.18. The zero-order valence-electron chi connectivity index (χ0n) is 18.7. The molecule has 1 fully saturated rings. The Labute approximate surface area is 198 Å². The molecule has 34 heavy (non-hydrogen) atoms. The van der Waals surface area contributed by atoms with Crippen molar-refractivity contribution in [2.45, 2.75) is 17.9 Å². The summed E-state index contributed by atoms with van der Waals surface area (Å²) in [4.78, 5) is 16.5. The molecule has 1 amide bonds. The van der Waals surface area contributed by atoms with E-state index in [0.717, 1.165) is 24.7 Å². The molecule has 2 aromatic rings. The van der Waals surface area contributed by atoms with E-state index in [4.69, 9.17) is 5.14 Å². The monoisotopic (exact) mass is 489 g/mol. The van der Waals surface area contributed by atoms with E-state index < -0.39 is 15.8 Å². The van der Waals surface area contributed by atoms with Crippen molar-refractivity contribution < 1.29 is 22.7 Å². The van der Waals surface area contributed by atoms with Crippen LogP contribution in [0.4, 0.5) is 4.39 Å². The summed E-state index contributed by atoms with van der Waals surface area (Å²) in [6, 6.07) is 8.85. The van der Waals surface area contributed by atoms with Crippen molar-refractivity contribution in [3.05, 3.63) is 71.6 Å². The number of primary sulfonamides is 1. The van der Waals surface area contributed by atoms with Gasteiger partial charge in [-0.15, -0.1) is 6.58 Å². The fourth-order valence-electron chi connectivity index (χ4n) is 3.65. The normalized spacial score (nSPS) is 15.5. The topological polar surface area (TPSA) is 128 Å². The fraction of sp³-hybridized carbons (Fsp3) is 0.304. The van der Waals surface area contributed by atoms with Gasteiger partial charge in [-0.3, -0.25) is 14.6 Å². The number of sulfonamides is 1. The number of nitrogens with zero attached hydrogens (tertiary/aromatic N) is 3. The van der Waals surface area contributed by atoms with E-state index in [2.05, 4.69) is 22.0 Å². The molecule has 0 aliphatic carbocycles. The summed E-state index contributed by atoms with van der Waals surface area (Å²) in [5.41, 5.74) is 3.94. The zero-order chi connectivity index (χ0) is 24.7. The molecule has 9 nitrogen and oxygen atoms in total. The van der Waals surface area contributed by atoms with E-state index in [1.807, 2.05) is 4.90 Å². The van der Waals surface area contributed by atoms with Gasteiger partial charge in [0.25, 0.3) is 5.91 Å². The van der Waals surface area contributed by atoms with E-state index in [0.29, 0.717) is 31.6 Å². The predicted molar refractivity (Wildman–Crippen MR) is 127 cm³/mol. The zero-order valence-corrected chi connectivity index (χ0v) is 19.5. The second kappa shape index (κ2) is 11.3. The molecule has 182 valence electrons. The van der Waals surface area contributed by atoms with E-state index in [1.165, 1.54) is 24.4 Å². The third-order valence-corrected chi connectivity index (χ3v) is 6.36. The number of piperazine rings is 1. The molecule has 0 spiro atoms. The number of carbonyl (C=O) groups excluding carboxylic acids is 1. The summed E-state index contributed by atoms with van der Waals surface area (Å²) >= 11 is 0. The van der Waals surface area contributed by atoms with Gasteiger partial charge in [0.2, 0.25) is 10.0 Å². The second-order valence-corrected chi connectivity index (χ2v) is 9.59. The van der Waals surface area contributed by atoms with Crippen LogP contribution in [0.5, 0.6) is 5.75 Å². The lowest BCUT2D eigenvalue weighted by atomic mass is 10.1. The van der Waals surface area contributed by atoms with E-state index in [1.54, 1.807) is 18.2 Å². The van der Waals surface area contributed by atoms with Gasteiger partial charge in [-0.2, -0.15) is 5.10 Å². The molecular formula is C23H28FN5O4S. The van der Waals surface area contributed by atoms with Gasteiger partial charge in [0.1, 0.15) is 11.6 Å². The number of hydrogen-bond donors (Lipinski definition) is 3. The van der Waals surface area contributed by atoms with Crippen LogP contribution in [0, 0.1) is 5.82 Å². The van der Waals surface area contributed by atoms with Crippen molar-refractivity contribution in [2.75, 3.05) is 32.7 Å². The number of halogens is 1. The van der Waals surface area contributed by atoms with Gasteiger partial charge >= 0.3 is 0 Å². The number of carbonyl (C=O) groups is 1. The van der Waals surface area contributed by atoms with Gasteiger partial charge in [0.15, 0.2) is 0 Å². The first-order valence-corrected chi connectivity index (χ1v) is 12.2. The van der Waals surface area contributed by atoms with Crippen molar-refractivity contribution >= 4 is 22.1 Å². The molecule has 0 unspecified atom stereocenters. The molecule has 0 bridgehead atoms. The lowest BCUT2D eigenvalue weighted by molar-refractivity contribution is -0.122. The number of rotatable bonds is 9. The average molecular weight is 490 g/mol. The van der Waals surface area contributed by atoms with Gasteiger partial charge in [0, 0.05) is 43.9 Å². The summed E-state index contributed by atoms with van der Waals surface area (Å²) in [5.74, 6) is -0.930. The molecule has 0 saturated carbocycles. The van der Waals surface area contributed by atoms with Gasteiger partial charge in [-0.1, -0.05) is 18.2 Å². The molecule has 3 rings (SSSR count). The van der Waals surface area contributed by atoms with Crippen molar-refractivity contribution in [3.63, 3.8) is 0 Å². The van der Waals surface area contributed by atoms with Crippen LogP contribution in [-0.4, -0.2) is 68.2 Å². The molecule has 1 aliphatic heterocycles. The van der Waals surface area contributed by atoms with Crippen molar-refractivity contribution in [3.8, 4) is 5.75 Å². The first kappa shape index (κ1) is 25.5. The number of hydrogen-bond acceptors (Lipinski definition) is 7. The van der Waals surface area contributed by atoms with Gasteiger partial charge < -0.3 is 5.11 Å². The maximum Gasteiger partial charge on any atom is 0.254 e. The fourth-order valence-corrected chi connectivity index (χ4v) is 4.16. The molecular weight excluding hydrogens is 461 g/mol. The molecule has 0 atom stereocenters. The summed E-state index contributed by atoms with van der Waals surface area (Å²) in [6.45, 7) is 7.26. The summed E-state index contributed by atoms with van der Waals surface area (Å²) in [6.07, 6.45) is 3.08. The number of nitrogens with one attached hydrogen (secondary N) is 1. The van der Waals surface area contributed by atoms with Crippen molar-refractivity contribution in [1.82, 2.24) is 15.2 Å². The van der Waals surface area contributed by atoms with Crippen LogP contribution in [-0.2, 0) is 27.8 Å². The smallest absolute Gasteiger partial charge is 0.254 e. The Morgan fingerprint density at radius 2 is 1.82 bits per heavy atom. The molecule has 0 radical (unpaired) electrons.